The van der Waals surface area contributed by atoms with Crippen LogP contribution < -0.4 is 5.32 Å². The number of hydrogen-bond acceptors (Lipinski definition) is 1. The minimum Gasteiger partial charge on any atom is -0.341 e. The molecule has 0 spiro atoms. The summed E-state index contributed by atoms with van der Waals surface area (Å²) >= 11 is 0. The molecule has 0 radical (unpaired) electrons. The van der Waals surface area contributed by atoms with Gasteiger partial charge in [-0.2, -0.15) is 0 Å². The van der Waals surface area contributed by atoms with Gasteiger partial charge in [-0.3, -0.25) is 0 Å². The minimum atomic E-state index is -0.146. The van der Waals surface area contributed by atoms with E-state index < -0.39 is 0 Å². The number of nitrogens with zero attached hydrogens (tertiary/aromatic N) is 1. The van der Waals surface area contributed by atoms with Crippen LogP contribution in [0.5, 0.6) is 0 Å². The molecule has 3 heteroatoms. The van der Waals surface area contributed by atoms with Gasteiger partial charge in [-0.05, 0) is 56.6 Å². The van der Waals surface area contributed by atoms with E-state index >= 15 is 0 Å². The molecule has 1 aromatic heterocycles. The number of aromatic nitrogens is 1. The number of rotatable bonds is 2. The first-order valence-corrected chi connectivity index (χ1v) is 6.79. The zero-order chi connectivity index (χ0) is 12.5. The number of fused-ring (bicyclic) bond motifs is 1. The van der Waals surface area contributed by atoms with Crippen molar-refractivity contribution in [1.29, 1.82) is 0 Å². The predicted molar refractivity (Wildman–Crippen MR) is 72.4 cm³/mol. The van der Waals surface area contributed by atoms with Gasteiger partial charge in [0, 0.05) is 22.6 Å². The molecule has 96 valence electrons. The average Bonchev–Trinajstić information content (AvgIpc) is 2.77. The molecule has 0 saturated carbocycles. The SMILES string of the molecule is CCc1cc2cc(F)ccc2n1C1CCNCC1. The first kappa shape index (κ1) is 11.7. The Labute approximate surface area is 107 Å². The van der Waals surface area contributed by atoms with Crippen LogP contribution in [0, 0.1) is 5.82 Å². The number of benzene rings is 1. The van der Waals surface area contributed by atoms with Gasteiger partial charge in [0.25, 0.3) is 0 Å². The van der Waals surface area contributed by atoms with E-state index in [0.717, 1.165) is 37.7 Å². The number of nitrogens with one attached hydrogen (secondary N) is 1. The highest BCUT2D eigenvalue weighted by atomic mass is 19.1. The molecule has 0 amide bonds. The van der Waals surface area contributed by atoms with Crippen molar-refractivity contribution in [3.8, 4) is 0 Å². The second kappa shape index (κ2) is 4.73. The Morgan fingerprint density at radius 1 is 1.28 bits per heavy atom. The molecule has 1 fully saturated rings. The van der Waals surface area contributed by atoms with Crippen molar-refractivity contribution in [3.05, 3.63) is 35.8 Å². The van der Waals surface area contributed by atoms with Crippen molar-refractivity contribution in [2.45, 2.75) is 32.2 Å². The van der Waals surface area contributed by atoms with Gasteiger partial charge in [-0.15, -0.1) is 0 Å². The lowest BCUT2D eigenvalue weighted by Gasteiger charge is -2.27. The Bertz CT molecular complexity index is 553. The van der Waals surface area contributed by atoms with Crippen molar-refractivity contribution in [1.82, 2.24) is 9.88 Å². The summed E-state index contributed by atoms with van der Waals surface area (Å²) in [6.45, 7) is 4.32. The maximum atomic E-state index is 13.3. The fourth-order valence-corrected chi connectivity index (χ4v) is 3.03. The average molecular weight is 246 g/mol. The van der Waals surface area contributed by atoms with Crippen LogP contribution in [0.2, 0.25) is 0 Å². The maximum absolute atomic E-state index is 13.3. The molecule has 0 bridgehead atoms. The molecule has 2 nitrogen and oxygen atoms in total. The van der Waals surface area contributed by atoms with Crippen molar-refractivity contribution in [3.63, 3.8) is 0 Å². The molecule has 1 saturated heterocycles. The highest BCUT2D eigenvalue weighted by Crippen LogP contribution is 2.29. The van der Waals surface area contributed by atoms with Gasteiger partial charge in [0.05, 0.1) is 0 Å². The van der Waals surface area contributed by atoms with Crippen molar-refractivity contribution in [2.75, 3.05) is 13.1 Å². The first-order chi connectivity index (χ1) is 8.79. The molecule has 1 aliphatic rings. The third-order valence-electron chi connectivity index (χ3n) is 3.92. The molecule has 18 heavy (non-hydrogen) atoms. The lowest BCUT2D eigenvalue weighted by molar-refractivity contribution is 0.370. The molecule has 1 N–H and O–H groups in total. The standard InChI is InChI=1S/C15H19FN2/c1-2-13-10-11-9-12(16)3-4-15(11)18(13)14-5-7-17-8-6-14/h3-4,9-10,14,17H,2,5-8H2,1H3. The summed E-state index contributed by atoms with van der Waals surface area (Å²) in [5.74, 6) is -0.146. The number of hydrogen-bond donors (Lipinski definition) is 1. The summed E-state index contributed by atoms with van der Waals surface area (Å²) in [6.07, 6.45) is 3.32. The second-order valence-corrected chi connectivity index (χ2v) is 5.04. The molecule has 1 aliphatic heterocycles. The molecule has 2 heterocycles. The molecule has 0 aliphatic carbocycles. The highest BCUT2D eigenvalue weighted by Gasteiger charge is 2.19. The Balaban J connectivity index is 2.12. The number of aryl methyl sites for hydroxylation is 1. The van der Waals surface area contributed by atoms with Crippen molar-refractivity contribution >= 4 is 10.9 Å². The van der Waals surface area contributed by atoms with Gasteiger partial charge in [0.2, 0.25) is 0 Å². The van der Waals surface area contributed by atoms with E-state index in [0.29, 0.717) is 6.04 Å². The van der Waals surface area contributed by atoms with Gasteiger partial charge >= 0.3 is 0 Å². The second-order valence-electron chi connectivity index (χ2n) is 5.04. The largest absolute Gasteiger partial charge is 0.341 e. The van der Waals surface area contributed by atoms with Crippen LogP contribution in [0.4, 0.5) is 4.39 Å². The highest BCUT2D eigenvalue weighted by molar-refractivity contribution is 5.81. The Morgan fingerprint density at radius 2 is 2.06 bits per heavy atom. The van der Waals surface area contributed by atoms with E-state index in [-0.39, 0.29) is 5.82 Å². The van der Waals surface area contributed by atoms with E-state index in [1.807, 2.05) is 6.07 Å². The summed E-state index contributed by atoms with van der Waals surface area (Å²) in [7, 11) is 0. The summed E-state index contributed by atoms with van der Waals surface area (Å²) < 4.78 is 15.7. The van der Waals surface area contributed by atoms with E-state index in [1.54, 1.807) is 12.1 Å². The zero-order valence-electron chi connectivity index (χ0n) is 10.7. The minimum absolute atomic E-state index is 0.146. The van der Waals surface area contributed by atoms with Crippen molar-refractivity contribution in [2.24, 2.45) is 0 Å². The molecule has 3 rings (SSSR count). The predicted octanol–water partition coefficient (Wildman–Crippen LogP) is 3.27. The Hall–Kier alpha value is -1.35. The smallest absolute Gasteiger partial charge is 0.123 e. The fourth-order valence-electron chi connectivity index (χ4n) is 3.03. The Kier molecular flexibility index (Phi) is 3.08. The van der Waals surface area contributed by atoms with Gasteiger partial charge in [0.1, 0.15) is 5.82 Å². The summed E-state index contributed by atoms with van der Waals surface area (Å²) in [5.41, 5.74) is 2.50. The summed E-state index contributed by atoms with van der Waals surface area (Å²) in [4.78, 5) is 0. The van der Waals surface area contributed by atoms with Gasteiger partial charge < -0.3 is 9.88 Å². The molecular weight excluding hydrogens is 227 g/mol. The third-order valence-corrected chi connectivity index (χ3v) is 3.92. The topological polar surface area (TPSA) is 17.0 Å². The van der Waals surface area contributed by atoms with E-state index in [9.17, 15) is 4.39 Å². The zero-order valence-corrected chi connectivity index (χ0v) is 10.7. The van der Waals surface area contributed by atoms with E-state index in [2.05, 4.69) is 22.9 Å². The summed E-state index contributed by atoms with van der Waals surface area (Å²) in [5, 5.41) is 4.43. The molecular formula is C15H19FN2. The first-order valence-electron chi connectivity index (χ1n) is 6.79. The van der Waals surface area contributed by atoms with Gasteiger partial charge in [-0.25, -0.2) is 4.39 Å². The van der Waals surface area contributed by atoms with E-state index in [1.165, 1.54) is 11.2 Å². The molecule has 2 aromatic rings. The van der Waals surface area contributed by atoms with Crippen molar-refractivity contribution < 1.29 is 4.39 Å². The third kappa shape index (κ3) is 1.93. The van der Waals surface area contributed by atoms with Crippen LogP contribution in [0.1, 0.15) is 31.5 Å². The summed E-state index contributed by atoms with van der Waals surface area (Å²) in [6, 6.07) is 7.83. The molecule has 0 atom stereocenters. The fraction of sp³-hybridized carbons (Fsp3) is 0.467. The maximum Gasteiger partial charge on any atom is 0.123 e. The van der Waals surface area contributed by atoms with Crippen LogP contribution in [0.3, 0.4) is 0 Å². The van der Waals surface area contributed by atoms with Crippen LogP contribution >= 0.6 is 0 Å². The normalized spacial score (nSPS) is 17.4. The van der Waals surface area contributed by atoms with Crippen LogP contribution in [0.15, 0.2) is 24.3 Å². The van der Waals surface area contributed by atoms with Crippen LogP contribution in [-0.4, -0.2) is 17.7 Å². The molecule has 0 unspecified atom stereocenters. The quantitative estimate of drug-likeness (QED) is 0.860. The van der Waals surface area contributed by atoms with Crippen LogP contribution in [0.25, 0.3) is 10.9 Å². The number of halogens is 1. The lowest BCUT2D eigenvalue weighted by atomic mass is 10.1. The van der Waals surface area contributed by atoms with Gasteiger partial charge in [0.15, 0.2) is 0 Å². The monoisotopic (exact) mass is 246 g/mol. The Morgan fingerprint density at radius 3 is 2.78 bits per heavy atom. The van der Waals surface area contributed by atoms with E-state index in [4.69, 9.17) is 0 Å². The number of piperidine rings is 1. The lowest BCUT2D eigenvalue weighted by Crippen LogP contribution is -2.29. The van der Waals surface area contributed by atoms with Crippen LogP contribution in [-0.2, 0) is 6.42 Å². The molecule has 1 aromatic carbocycles. The van der Waals surface area contributed by atoms with Gasteiger partial charge in [-0.1, -0.05) is 6.92 Å².